The molecule has 10 heteroatoms. The average Bonchev–Trinajstić information content (AvgIpc) is 2.87. The summed E-state index contributed by atoms with van der Waals surface area (Å²) < 4.78 is 23.6. The van der Waals surface area contributed by atoms with E-state index < -0.39 is 22.1 Å². The molecule has 3 aromatic rings. The third-order valence-electron chi connectivity index (χ3n) is 7.91. The van der Waals surface area contributed by atoms with Gasteiger partial charge in [0, 0.05) is 29.8 Å². The van der Waals surface area contributed by atoms with Crippen LogP contribution in [0.1, 0.15) is 82.9 Å². The first-order valence-corrected chi connectivity index (χ1v) is 14.9. The number of fused-ring (bicyclic) bond motifs is 2. The van der Waals surface area contributed by atoms with E-state index in [4.69, 9.17) is 20.2 Å². The second kappa shape index (κ2) is 10.9. The number of anilines is 2. The maximum absolute atomic E-state index is 12.4. The van der Waals surface area contributed by atoms with Crippen LogP contribution in [0.2, 0.25) is 0 Å². The Labute approximate surface area is 233 Å². The molecule has 9 nitrogen and oxygen atoms in total. The SMILES string of the molecule is CC[C@@](C)(N)c1cnc(O[C@H](C)CC(C)[S+](C)[O-])c2cnc(Nc3ccc4c(n3)C(C)(C)[C@H](C)OC4=O)cc12. The molecule has 0 fully saturated rings. The number of ether oxygens (including phenoxy) is 2. The number of cyclic esters (lactones) is 1. The first-order chi connectivity index (χ1) is 18.2. The second-order valence-corrected chi connectivity index (χ2v) is 13.1. The number of nitrogens with one attached hydrogen (secondary N) is 1. The molecule has 39 heavy (non-hydrogen) atoms. The molecular formula is C29H39N5O4S. The van der Waals surface area contributed by atoms with Crippen LogP contribution < -0.4 is 15.8 Å². The van der Waals surface area contributed by atoms with Crippen molar-refractivity contribution in [2.24, 2.45) is 5.73 Å². The molecule has 3 N–H and O–H groups in total. The number of hydrogen-bond donors (Lipinski definition) is 2. The number of nitrogens with two attached hydrogens (primary N) is 1. The molecule has 0 spiro atoms. The number of rotatable bonds is 9. The Morgan fingerprint density at radius 3 is 2.62 bits per heavy atom. The maximum atomic E-state index is 12.4. The molecule has 1 aliphatic heterocycles. The zero-order chi connectivity index (χ0) is 28.7. The van der Waals surface area contributed by atoms with E-state index in [1.807, 2.05) is 54.5 Å². The minimum Gasteiger partial charge on any atom is -0.616 e. The number of aromatic nitrogens is 3. The van der Waals surface area contributed by atoms with E-state index in [9.17, 15) is 9.35 Å². The van der Waals surface area contributed by atoms with Gasteiger partial charge in [0.2, 0.25) is 5.88 Å². The molecule has 4 rings (SSSR count). The Morgan fingerprint density at radius 2 is 1.95 bits per heavy atom. The van der Waals surface area contributed by atoms with Crippen molar-refractivity contribution < 1.29 is 18.8 Å². The number of hydrogen-bond acceptors (Lipinski definition) is 9. The van der Waals surface area contributed by atoms with Gasteiger partial charge in [-0.1, -0.05) is 31.9 Å². The molecule has 5 atom stereocenters. The molecule has 0 saturated heterocycles. The van der Waals surface area contributed by atoms with E-state index >= 15 is 0 Å². The van der Waals surface area contributed by atoms with Crippen LogP contribution in [0.25, 0.3) is 10.8 Å². The van der Waals surface area contributed by atoms with Crippen LogP contribution in [0.5, 0.6) is 5.88 Å². The number of nitrogens with zero attached hydrogens (tertiary/aromatic N) is 3. The Hall–Kier alpha value is -2.95. The van der Waals surface area contributed by atoms with Crippen LogP contribution in [0.4, 0.5) is 11.6 Å². The number of carbonyl (C=O) groups is 1. The summed E-state index contributed by atoms with van der Waals surface area (Å²) in [6, 6.07) is 5.42. The fraction of sp³-hybridized carbons (Fsp3) is 0.517. The molecular weight excluding hydrogens is 514 g/mol. The van der Waals surface area contributed by atoms with Crippen molar-refractivity contribution in [1.82, 2.24) is 15.0 Å². The molecule has 4 heterocycles. The van der Waals surface area contributed by atoms with E-state index in [0.717, 1.165) is 16.3 Å². The van der Waals surface area contributed by atoms with E-state index in [1.165, 1.54) is 0 Å². The van der Waals surface area contributed by atoms with Gasteiger partial charge in [-0.15, -0.1) is 0 Å². The van der Waals surface area contributed by atoms with Gasteiger partial charge >= 0.3 is 5.97 Å². The summed E-state index contributed by atoms with van der Waals surface area (Å²) in [5.41, 5.74) is 7.66. The molecule has 3 aromatic heterocycles. The Kier molecular flexibility index (Phi) is 8.12. The smallest absolute Gasteiger partial charge is 0.340 e. The summed E-state index contributed by atoms with van der Waals surface area (Å²) in [5, 5.41) is 4.93. The molecule has 0 aromatic carbocycles. The summed E-state index contributed by atoms with van der Waals surface area (Å²) in [5.74, 6) is 1.25. The lowest BCUT2D eigenvalue weighted by Crippen LogP contribution is -2.42. The summed E-state index contributed by atoms with van der Waals surface area (Å²) in [6.45, 7) is 13.8. The fourth-order valence-electron chi connectivity index (χ4n) is 4.64. The van der Waals surface area contributed by atoms with Crippen molar-refractivity contribution in [3.8, 4) is 5.88 Å². The van der Waals surface area contributed by atoms with Crippen molar-refractivity contribution in [2.75, 3.05) is 11.6 Å². The van der Waals surface area contributed by atoms with Gasteiger partial charge in [-0.25, -0.2) is 19.7 Å². The van der Waals surface area contributed by atoms with E-state index in [2.05, 4.69) is 15.3 Å². The predicted molar refractivity (Wildman–Crippen MR) is 155 cm³/mol. The minimum atomic E-state index is -0.935. The Bertz CT molecular complexity index is 1380. The number of pyridine rings is 3. The van der Waals surface area contributed by atoms with Crippen LogP contribution in [-0.2, 0) is 26.9 Å². The molecule has 0 amide bonds. The molecule has 210 valence electrons. The summed E-state index contributed by atoms with van der Waals surface area (Å²) in [7, 11) is 0. The number of carbonyl (C=O) groups excluding carboxylic acids is 1. The van der Waals surface area contributed by atoms with Crippen molar-refractivity contribution in [2.45, 2.75) is 89.7 Å². The standard InChI is InChI=1S/C29H39N5O4S/c1-9-29(7,30)22-15-32-26(37-16(2)12-17(3)39(8)36)21-14-31-24(13-20(21)22)33-23-11-10-19-25(34-23)28(5,6)18(4)38-27(19)35/h10-11,13-18H,9,12,30H2,1-8H3,(H,31,33,34)/t16-,17?,18+,29-,39?/m1/s1. The minimum absolute atomic E-state index is 0.00540. The fourth-order valence-corrected chi connectivity index (χ4v) is 5.18. The van der Waals surface area contributed by atoms with Gasteiger partial charge in [0.05, 0.1) is 22.9 Å². The third kappa shape index (κ3) is 5.83. The van der Waals surface area contributed by atoms with Crippen LogP contribution in [0, 0.1) is 0 Å². The van der Waals surface area contributed by atoms with Gasteiger partial charge in [-0.2, -0.15) is 0 Å². The lowest BCUT2D eigenvalue weighted by atomic mass is 9.79. The van der Waals surface area contributed by atoms with Crippen LogP contribution in [-0.4, -0.2) is 49.2 Å². The highest BCUT2D eigenvalue weighted by Crippen LogP contribution is 2.37. The lowest BCUT2D eigenvalue weighted by molar-refractivity contribution is 0.00864. The Balaban J connectivity index is 1.72. The molecule has 0 radical (unpaired) electrons. The summed E-state index contributed by atoms with van der Waals surface area (Å²) in [4.78, 5) is 26.5. The monoisotopic (exact) mass is 553 g/mol. The van der Waals surface area contributed by atoms with Crippen molar-refractivity contribution in [3.63, 3.8) is 0 Å². The predicted octanol–water partition coefficient (Wildman–Crippen LogP) is 5.11. The topological polar surface area (TPSA) is 135 Å². The van der Waals surface area contributed by atoms with Crippen LogP contribution in [0.3, 0.4) is 0 Å². The number of esters is 1. The molecule has 0 aliphatic carbocycles. The first kappa shape index (κ1) is 29.0. The van der Waals surface area contributed by atoms with Crippen molar-refractivity contribution in [3.05, 3.63) is 47.4 Å². The van der Waals surface area contributed by atoms with Crippen LogP contribution >= 0.6 is 0 Å². The maximum Gasteiger partial charge on any atom is 0.340 e. The summed E-state index contributed by atoms with van der Waals surface area (Å²) in [6.07, 6.45) is 6.06. The Morgan fingerprint density at radius 1 is 1.23 bits per heavy atom. The van der Waals surface area contributed by atoms with Gasteiger partial charge in [0.15, 0.2) is 0 Å². The quantitative estimate of drug-likeness (QED) is 0.273. The van der Waals surface area contributed by atoms with Gasteiger partial charge in [-0.3, -0.25) is 0 Å². The molecule has 0 saturated carbocycles. The van der Waals surface area contributed by atoms with Gasteiger partial charge in [0.25, 0.3) is 0 Å². The highest BCUT2D eigenvalue weighted by molar-refractivity contribution is 7.91. The molecule has 0 bridgehead atoms. The normalized spacial score (nSPS) is 20.4. The van der Waals surface area contributed by atoms with E-state index in [0.29, 0.717) is 41.6 Å². The van der Waals surface area contributed by atoms with E-state index in [-0.39, 0.29) is 23.4 Å². The summed E-state index contributed by atoms with van der Waals surface area (Å²) >= 11 is -0.935. The highest BCUT2D eigenvalue weighted by Gasteiger charge is 2.41. The largest absolute Gasteiger partial charge is 0.616 e. The zero-order valence-electron chi connectivity index (χ0n) is 24.0. The van der Waals surface area contributed by atoms with Gasteiger partial charge in [-0.05, 0) is 63.3 Å². The van der Waals surface area contributed by atoms with Crippen LogP contribution in [0.15, 0.2) is 30.6 Å². The second-order valence-electron chi connectivity index (χ2n) is 11.3. The molecule has 2 unspecified atom stereocenters. The zero-order valence-corrected chi connectivity index (χ0v) is 24.8. The van der Waals surface area contributed by atoms with Crippen molar-refractivity contribution >= 4 is 39.6 Å². The lowest BCUT2D eigenvalue weighted by Gasteiger charge is -2.36. The molecule has 1 aliphatic rings. The van der Waals surface area contributed by atoms with Gasteiger partial charge < -0.3 is 25.1 Å². The highest BCUT2D eigenvalue weighted by atomic mass is 32.2. The third-order valence-corrected chi connectivity index (χ3v) is 9.24. The van der Waals surface area contributed by atoms with Gasteiger partial charge in [0.1, 0.15) is 29.1 Å². The average molecular weight is 554 g/mol. The first-order valence-electron chi connectivity index (χ1n) is 13.3. The van der Waals surface area contributed by atoms with Crippen molar-refractivity contribution in [1.29, 1.82) is 0 Å². The van der Waals surface area contributed by atoms with E-state index in [1.54, 1.807) is 30.8 Å².